The van der Waals surface area contributed by atoms with E-state index in [1.807, 2.05) is 23.5 Å². The molecular weight excluding hydrogens is 442 g/mol. The van der Waals surface area contributed by atoms with Gasteiger partial charge in [-0.2, -0.15) is 4.98 Å². The molecule has 30 heavy (non-hydrogen) atoms. The second-order valence-corrected chi connectivity index (χ2v) is 9.41. The van der Waals surface area contributed by atoms with Gasteiger partial charge in [-0.15, -0.1) is 10.2 Å². The van der Waals surface area contributed by atoms with Crippen molar-refractivity contribution in [2.24, 2.45) is 0 Å². The minimum Gasteiger partial charge on any atom is -0.348 e. The number of benzene rings is 1. The molecule has 0 atom stereocenters. The monoisotopic (exact) mass is 459 g/mol. The van der Waals surface area contributed by atoms with Crippen molar-refractivity contribution < 1.29 is 4.79 Å². The molecule has 4 aromatic rings. The number of aromatic nitrogens is 5. The fourth-order valence-corrected chi connectivity index (χ4v) is 5.40. The number of aryl methyl sites for hydroxylation is 1. The lowest BCUT2D eigenvalue weighted by Gasteiger charge is -2.11. The zero-order chi connectivity index (χ0) is 20.7. The standard InChI is InChI=1S/C19H18ClN7OS2/c1-11-4-5-13(12(20)8-11)22-14(28)9-29-19-25-24-17-15-16(21-10-27(17)19)23-18(30-15)26-6-2-3-7-26/h4-5,8,10H,2-3,6-7,9H2,1H3,(H,22,28). The van der Waals surface area contributed by atoms with Crippen molar-refractivity contribution in [1.82, 2.24) is 24.6 Å². The molecule has 1 N–H and O–H groups in total. The summed E-state index contributed by atoms with van der Waals surface area (Å²) in [6.07, 6.45) is 4.06. The van der Waals surface area contributed by atoms with Crippen LogP contribution in [0.1, 0.15) is 18.4 Å². The van der Waals surface area contributed by atoms with E-state index in [9.17, 15) is 4.79 Å². The van der Waals surface area contributed by atoms with E-state index in [0.29, 0.717) is 27.2 Å². The number of hydrogen-bond donors (Lipinski definition) is 1. The predicted octanol–water partition coefficient (Wildman–Crippen LogP) is 4.03. The van der Waals surface area contributed by atoms with E-state index >= 15 is 0 Å². The molecule has 0 saturated carbocycles. The van der Waals surface area contributed by atoms with Crippen LogP contribution in [0.4, 0.5) is 10.8 Å². The van der Waals surface area contributed by atoms with Crippen LogP contribution < -0.4 is 10.2 Å². The molecule has 8 nitrogen and oxygen atoms in total. The number of rotatable bonds is 5. The van der Waals surface area contributed by atoms with Gasteiger partial charge in [-0.3, -0.25) is 9.20 Å². The number of carbonyl (C=O) groups excluding carboxylic acids is 1. The number of nitrogens with zero attached hydrogens (tertiary/aromatic N) is 6. The molecule has 1 aliphatic heterocycles. The van der Waals surface area contributed by atoms with Crippen molar-refractivity contribution in [1.29, 1.82) is 0 Å². The molecule has 1 aromatic carbocycles. The first kappa shape index (κ1) is 19.5. The Morgan fingerprint density at radius 1 is 1.30 bits per heavy atom. The predicted molar refractivity (Wildman–Crippen MR) is 121 cm³/mol. The minimum absolute atomic E-state index is 0.161. The summed E-state index contributed by atoms with van der Waals surface area (Å²) in [6.45, 7) is 4.01. The van der Waals surface area contributed by atoms with E-state index < -0.39 is 0 Å². The molecule has 1 fully saturated rings. The maximum absolute atomic E-state index is 12.4. The van der Waals surface area contributed by atoms with Crippen LogP contribution in [-0.2, 0) is 4.79 Å². The summed E-state index contributed by atoms with van der Waals surface area (Å²) in [6, 6.07) is 5.52. The van der Waals surface area contributed by atoms with Gasteiger partial charge < -0.3 is 10.2 Å². The number of halogens is 1. The maximum Gasteiger partial charge on any atom is 0.234 e. The highest BCUT2D eigenvalue weighted by molar-refractivity contribution is 7.99. The third-order valence-electron chi connectivity index (χ3n) is 4.87. The Morgan fingerprint density at radius 2 is 2.13 bits per heavy atom. The molecule has 0 radical (unpaired) electrons. The SMILES string of the molecule is Cc1ccc(NC(=O)CSc2nnc3c4sc(N5CCCC5)nc4ncn23)c(Cl)c1. The summed E-state index contributed by atoms with van der Waals surface area (Å²) >= 11 is 9.09. The van der Waals surface area contributed by atoms with Crippen molar-refractivity contribution in [3.05, 3.63) is 35.1 Å². The van der Waals surface area contributed by atoms with Crippen molar-refractivity contribution >= 4 is 67.4 Å². The number of carbonyl (C=O) groups is 1. The van der Waals surface area contributed by atoms with Crippen molar-refractivity contribution in [3.63, 3.8) is 0 Å². The number of nitrogens with one attached hydrogen (secondary N) is 1. The van der Waals surface area contributed by atoms with E-state index in [0.717, 1.165) is 28.5 Å². The molecule has 0 unspecified atom stereocenters. The molecule has 1 aliphatic rings. The largest absolute Gasteiger partial charge is 0.348 e. The molecule has 1 saturated heterocycles. The van der Waals surface area contributed by atoms with E-state index in [1.54, 1.807) is 23.7 Å². The molecule has 0 aliphatic carbocycles. The first-order valence-corrected chi connectivity index (χ1v) is 11.7. The summed E-state index contributed by atoms with van der Waals surface area (Å²) in [5.74, 6) is 0.0238. The molecule has 154 valence electrons. The highest BCUT2D eigenvalue weighted by Gasteiger charge is 2.20. The second kappa shape index (κ2) is 8.01. The van der Waals surface area contributed by atoms with Crippen LogP contribution in [0, 0.1) is 6.92 Å². The number of anilines is 2. The first-order valence-electron chi connectivity index (χ1n) is 9.52. The summed E-state index contributed by atoms with van der Waals surface area (Å²) in [7, 11) is 0. The molecular formula is C19H18ClN7OS2. The summed E-state index contributed by atoms with van der Waals surface area (Å²) in [4.78, 5) is 23.8. The van der Waals surface area contributed by atoms with Crippen LogP contribution in [0.15, 0.2) is 29.7 Å². The minimum atomic E-state index is -0.161. The van der Waals surface area contributed by atoms with Crippen LogP contribution in [0.2, 0.25) is 5.02 Å². The smallest absolute Gasteiger partial charge is 0.234 e. The molecule has 4 heterocycles. The van der Waals surface area contributed by atoms with Gasteiger partial charge in [0.15, 0.2) is 21.6 Å². The molecule has 0 spiro atoms. The van der Waals surface area contributed by atoms with Crippen molar-refractivity contribution in [2.45, 2.75) is 24.9 Å². The Hall–Kier alpha value is -2.43. The van der Waals surface area contributed by atoms with Crippen LogP contribution in [-0.4, -0.2) is 49.3 Å². The summed E-state index contributed by atoms with van der Waals surface area (Å²) in [5, 5.41) is 13.5. The number of thioether (sulfide) groups is 1. The fraction of sp³-hybridized carbons (Fsp3) is 0.316. The molecule has 0 bridgehead atoms. The van der Waals surface area contributed by atoms with Gasteiger partial charge in [0.25, 0.3) is 0 Å². The summed E-state index contributed by atoms with van der Waals surface area (Å²) in [5.41, 5.74) is 3.04. The molecule has 1 amide bonds. The van der Waals surface area contributed by atoms with Crippen molar-refractivity contribution in [3.8, 4) is 0 Å². The van der Waals surface area contributed by atoms with Gasteiger partial charge >= 0.3 is 0 Å². The Balaban J connectivity index is 1.33. The Labute approximate surface area is 185 Å². The molecule has 3 aromatic heterocycles. The number of thiazole rings is 1. The second-order valence-electron chi connectivity index (χ2n) is 7.08. The van der Waals surface area contributed by atoms with Gasteiger partial charge in [-0.1, -0.05) is 40.8 Å². The van der Waals surface area contributed by atoms with Gasteiger partial charge in [-0.25, -0.2) is 4.98 Å². The fourth-order valence-electron chi connectivity index (χ4n) is 3.36. The van der Waals surface area contributed by atoms with Crippen LogP contribution >= 0.6 is 34.7 Å². The molecule has 5 rings (SSSR count). The van der Waals surface area contributed by atoms with E-state index in [-0.39, 0.29) is 11.7 Å². The topological polar surface area (TPSA) is 88.3 Å². The third kappa shape index (κ3) is 3.70. The number of amides is 1. The van der Waals surface area contributed by atoms with Crippen LogP contribution in [0.3, 0.4) is 0 Å². The zero-order valence-corrected chi connectivity index (χ0v) is 18.5. The number of hydrogen-bond acceptors (Lipinski definition) is 8. The Bertz CT molecular complexity index is 1250. The normalized spacial score (nSPS) is 14.1. The van der Waals surface area contributed by atoms with Crippen LogP contribution in [0.5, 0.6) is 0 Å². The Morgan fingerprint density at radius 3 is 2.93 bits per heavy atom. The van der Waals surface area contributed by atoms with Gasteiger partial charge in [0.05, 0.1) is 16.5 Å². The highest BCUT2D eigenvalue weighted by Crippen LogP contribution is 2.33. The zero-order valence-electron chi connectivity index (χ0n) is 16.1. The van der Waals surface area contributed by atoms with Gasteiger partial charge in [0.1, 0.15) is 11.0 Å². The van der Waals surface area contributed by atoms with Crippen molar-refractivity contribution in [2.75, 3.05) is 29.1 Å². The number of fused-ring (bicyclic) bond motifs is 3. The average Bonchev–Trinajstić information content (AvgIpc) is 3.46. The third-order valence-corrected chi connectivity index (χ3v) is 7.23. The van der Waals surface area contributed by atoms with E-state index in [1.165, 1.54) is 24.6 Å². The highest BCUT2D eigenvalue weighted by atomic mass is 35.5. The van der Waals surface area contributed by atoms with E-state index in [2.05, 4.69) is 30.4 Å². The molecule has 11 heteroatoms. The van der Waals surface area contributed by atoms with Gasteiger partial charge in [-0.05, 0) is 37.5 Å². The van der Waals surface area contributed by atoms with Gasteiger partial charge in [0.2, 0.25) is 5.91 Å². The maximum atomic E-state index is 12.4. The lowest BCUT2D eigenvalue weighted by Crippen LogP contribution is -2.16. The Kier molecular flexibility index (Phi) is 5.21. The average molecular weight is 460 g/mol. The quantitative estimate of drug-likeness (QED) is 0.451. The lowest BCUT2D eigenvalue weighted by molar-refractivity contribution is -0.113. The summed E-state index contributed by atoms with van der Waals surface area (Å²) < 4.78 is 2.72. The van der Waals surface area contributed by atoms with E-state index in [4.69, 9.17) is 11.6 Å². The first-order chi connectivity index (χ1) is 14.6. The lowest BCUT2D eigenvalue weighted by atomic mass is 10.2. The van der Waals surface area contributed by atoms with Crippen LogP contribution in [0.25, 0.3) is 16.0 Å². The van der Waals surface area contributed by atoms with Gasteiger partial charge in [0, 0.05) is 13.1 Å².